The topological polar surface area (TPSA) is 66.5 Å². The van der Waals surface area contributed by atoms with Crippen LogP contribution in [0.4, 0.5) is 5.69 Å². The van der Waals surface area contributed by atoms with Crippen molar-refractivity contribution in [2.75, 3.05) is 23.7 Å². The summed E-state index contributed by atoms with van der Waals surface area (Å²) >= 11 is 1.66. The van der Waals surface area contributed by atoms with E-state index in [0.717, 1.165) is 15.0 Å². The summed E-state index contributed by atoms with van der Waals surface area (Å²) in [6.45, 7) is 2.52. The van der Waals surface area contributed by atoms with Gasteiger partial charge < -0.3 is 5.32 Å². The van der Waals surface area contributed by atoms with Crippen LogP contribution < -0.4 is 9.62 Å². The van der Waals surface area contributed by atoms with Crippen molar-refractivity contribution >= 4 is 33.4 Å². The van der Waals surface area contributed by atoms with Crippen LogP contribution in [0.1, 0.15) is 15.9 Å². The van der Waals surface area contributed by atoms with Crippen molar-refractivity contribution in [3.8, 4) is 0 Å². The summed E-state index contributed by atoms with van der Waals surface area (Å²) in [5, 5.41) is 2.89. The van der Waals surface area contributed by atoms with Crippen LogP contribution in [0.3, 0.4) is 0 Å². The Morgan fingerprint density at radius 1 is 0.933 bits per heavy atom. The molecule has 0 aliphatic carbocycles. The maximum atomic E-state index is 12.9. The van der Waals surface area contributed by atoms with E-state index < -0.39 is 10.0 Å². The molecule has 3 aromatic rings. The second kappa shape index (κ2) is 9.82. The Hall–Kier alpha value is -2.77. The molecule has 0 spiro atoms. The normalized spacial score (nSPS) is 11.1. The lowest BCUT2D eigenvalue weighted by Gasteiger charge is -2.22. The number of nitrogens with zero attached hydrogens (tertiary/aromatic N) is 1. The first-order valence-corrected chi connectivity index (χ1v) is 11.9. The van der Waals surface area contributed by atoms with Gasteiger partial charge in [0, 0.05) is 24.2 Å². The van der Waals surface area contributed by atoms with E-state index in [0.29, 0.717) is 17.8 Å². The third kappa shape index (κ3) is 5.23. The number of sulfonamides is 1. The Kier molecular flexibility index (Phi) is 7.18. The van der Waals surface area contributed by atoms with Gasteiger partial charge in [-0.05, 0) is 43.3 Å². The highest BCUT2D eigenvalue weighted by Crippen LogP contribution is 2.25. The second-order valence-electron chi connectivity index (χ2n) is 6.72. The van der Waals surface area contributed by atoms with E-state index in [1.165, 1.54) is 24.7 Å². The standard InChI is InChI=1S/C23H24N2O3S2/c1-18-12-14-19(15-13-18)29-17-16-24-23(26)21-10-6-7-11-22(21)25(2)30(27,28)20-8-4-3-5-9-20/h3-15H,16-17H2,1-2H3,(H,24,26). The fourth-order valence-electron chi connectivity index (χ4n) is 2.88. The Morgan fingerprint density at radius 2 is 1.57 bits per heavy atom. The first kappa shape index (κ1) is 21.9. The zero-order valence-corrected chi connectivity index (χ0v) is 18.5. The smallest absolute Gasteiger partial charge is 0.264 e. The highest BCUT2D eigenvalue weighted by Gasteiger charge is 2.24. The van der Waals surface area contributed by atoms with Crippen molar-refractivity contribution in [1.29, 1.82) is 0 Å². The molecule has 0 saturated carbocycles. The van der Waals surface area contributed by atoms with E-state index in [1.54, 1.807) is 54.2 Å². The fraction of sp³-hybridized carbons (Fsp3) is 0.174. The van der Waals surface area contributed by atoms with Crippen molar-refractivity contribution in [2.24, 2.45) is 0 Å². The maximum absolute atomic E-state index is 12.9. The summed E-state index contributed by atoms with van der Waals surface area (Å²) in [6.07, 6.45) is 0. The van der Waals surface area contributed by atoms with Crippen molar-refractivity contribution in [1.82, 2.24) is 5.32 Å². The number of thioether (sulfide) groups is 1. The average Bonchev–Trinajstić information content (AvgIpc) is 2.78. The molecule has 0 bridgehead atoms. The van der Waals surface area contributed by atoms with Gasteiger partial charge in [0.15, 0.2) is 0 Å². The van der Waals surface area contributed by atoms with Gasteiger partial charge in [-0.25, -0.2) is 8.42 Å². The van der Waals surface area contributed by atoms with Crippen LogP contribution in [-0.4, -0.2) is 33.7 Å². The second-order valence-corrected chi connectivity index (χ2v) is 9.86. The number of anilines is 1. The zero-order chi connectivity index (χ0) is 21.6. The minimum absolute atomic E-state index is 0.178. The SMILES string of the molecule is Cc1ccc(SCCNC(=O)c2ccccc2N(C)S(=O)(=O)c2ccccc2)cc1. The van der Waals surface area contributed by atoms with Crippen LogP contribution in [0.5, 0.6) is 0 Å². The Balaban J connectivity index is 1.68. The summed E-state index contributed by atoms with van der Waals surface area (Å²) < 4.78 is 27.0. The molecule has 1 N–H and O–H groups in total. The summed E-state index contributed by atoms with van der Waals surface area (Å²) in [4.78, 5) is 14.1. The van der Waals surface area contributed by atoms with Crippen LogP contribution >= 0.6 is 11.8 Å². The molecule has 1 amide bonds. The minimum Gasteiger partial charge on any atom is -0.351 e. The van der Waals surface area contributed by atoms with Gasteiger partial charge >= 0.3 is 0 Å². The molecule has 3 rings (SSSR count). The lowest BCUT2D eigenvalue weighted by Crippen LogP contribution is -2.31. The third-order valence-electron chi connectivity index (χ3n) is 4.57. The molecule has 0 heterocycles. The summed E-state index contributed by atoms with van der Waals surface area (Å²) in [5.41, 5.74) is 1.86. The lowest BCUT2D eigenvalue weighted by molar-refractivity contribution is 0.0957. The largest absolute Gasteiger partial charge is 0.351 e. The van der Waals surface area contributed by atoms with Crippen molar-refractivity contribution in [3.63, 3.8) is 0 Å². The van der Waals surface area contributed by atoms with E-state index in [2.05, 4.69) is 29.6 Å². The van der Waals surface area contributed by atoms with Crippen molar-refractivity contribution < 1.29 is 13.2 Å². The molecule has 30 heavy (non-hydrogen) atoms. The number of amides is 1. The number of hydrogen-bond acceptors (Lipinski definition) is 4. The van der Waals surface area contributed by atoms with E-state index in [9.17, 15) is 13.2 Å². The van der Waals surface area contributed by atoms with Crippen molar-refractivity contribution in [2.45, 2.75) is 16.7 Å². The Morgan fingerprint density at radius 3 is 2.27 bits per heavy atom. The molecular formula is C23H24N2O3S2. The molecule has 0 aliphatic rings. The molecule has 0 radical (unpaired) electrons. The molecule has 7 heteroatoms. The molecule has 0 unspecified atom stereocenters. The van der Waals surface area contributed by atoms with Gasteiger partial charge in [0.25, 0.3) is 15.9 Å². The first-order chi connectivity index (χ1) is 14.4. The Labute approximate surface area is 182 Å². The highest BCUT2D eigenvalue weighted by molar-refractivity contribution is 7.99. The Bertz CT molecular complexity index is 1100. The van der Waals surface area contributed by atoms with Gasteiger partial charge in [-0.15, -0.1) is 11.8 Å². The number of rotatable bonds is 8. The number of aryl methyl sites for hydroxylation is 1. The molecule has 3 aromatic carbocycles. The first-order valence-electron chi connectivity index (χ1n) is 9.50. The number of carbonyl (C=O) groups excluding carboxylic acids is 1. The fourth-order valence-corrected chi connectivity index (χ4v) is 4.89. The monoisotopic (exact) mass is 440 g/mol. The quantitative estimate of drug-likeness (QED) is 0.418. The van der Waals surface area contributed by atoms with Crippen LogP contribution in [-0.2, 0) is 10.0 Å². The molecule has 0 atom stereocenters. The highest BCUT2D eigenvalue weighted by atomic mass is 32.2. The predicted molar refractivity (Wildman–Crippen MR) is 123 cm³/mol. The van der Waals surface area contributed by atoms with Gasteiger partial charge in [-0.1, -0.05) is 48.0 Å². The van der Waals surface area contributed by atoms with Crippen LogP contribution in [0.15, 0.2) is 88.7 Å². The molecule has 0 fully saturated rings. The van der Waals surface area contributed by atoms with Crippen molar-refractivity contribution in [3.05, 3.63) is 90.0 Å². The van der Waals surface area contributed by atoms with E-state index >= 15 is 0 Å². The zero-order valence-electron chi connectivity index (χ0n) is 16.9. The molecule has 0 aromatic heterocycles. The number of benzene rings is 3. The van der Waals surface area contributed by atoms with Gasteiger partial charge in [-0.3, -0.25) is 9.10 Å². The summed E-state index contributed by atoms with van der Waals surface area (Å²) in [6, 6.07) is 23.1. The minimum atomic E-state index is -3.76. The number of para-hydroxylation sites is 1. The van der Waals surface area contributed by atoms with Crippen LogP contribution in [0.25, 0.3) is 0 Å². The van der Waals surface area contributed by atoms with Gasteiger partial charge in [0.1, 0.15) is 0 Å². The predicted octanol–water partition coefficient (Wildman–Crippen LogP) is 4.34. The summed E-state index contributed by atoms with van der Waals surface area (Å²) in [7, 11) is -2.30. The number of hydrogen-bond donors (Lipinski definition) is 1. The molecule has 156 valence electrons. The maximum Gasteiger partial charge on any atom is 0.264 e. The van der Waals surface area contributed by atoms with Crippen LogP contribution in [0.2, 0.25) is 0 Å². The number of carbonyl (C=O) groups is 1. The molecule has 0 saturated heterocycles. The van der Waals surface area contributed by atoms with E-state index in [-0.39, 0.29) is 10.8 Å². The van der Waals surface area contributed by atoms with Crippen LogP contribution in [0, 0.1) is 6.92 Å². The lowest BCUT2D eigenvalue weighted by atomic mass is 10.1. The molecule has 5 nitrogen and oxygen atoms in total. The molecular weight excluding hydrogens is 416 g/mol. The molecule has 0 aliphatic heterocycles. The number of nitrogens with one attached hydrogen (secondary N) is 1. The third-order valence-corrected chi connectivity index (χ3v) is 7.37. The van der Waals surface area contributed by atoms with Gasteiger partial charge in [0.05, 0.1) is 16.1 Å². The average molecular weight is 441 g/mol. The van der Waals surface area contributed by atoms with E-state index in [4.69, 9.17) is 0 Å². The van der Waals surface area contributed by atoms with Gasteiger partial charge in [-0.2, -0.15) is 0 Å². The van der Waals surface area contributed by atoms with E-state index in [1.807, 2.05) is 6.92 Å². The van der Waals surface area contributed by atoms with Gasteiger partial charge in [0.2, 0.25) is 0 Å². The summed E-state index contributed by atoms with van der Waals surface area (Å²) in [5.74, 6) is 0.417.